The van der Waals surface area contributed by atoms with Gasteiger partial charge in [-0.25, -0.2) is 0 Å². The van der Waals surface area contributed by atoms with Gasteiger partial charge in [-0.2, -0.15) is 0 Å². The first kappa shape index (κ1) is 20.7. The number of aliphatic imine (C=N–C) groups is 1. The lowest BCUT2D eigenvalue weighted by molar-refractivity contribution is 0.0959. The highest BCUT2D eigenvalue weighted by atomic mass is 35.5. The minimum atomic E-state index is 0.000301. The molecule has 0 N–H and O–H groups in total. The SMILES string of the molecule is CC1=NCC(CCN(C(C)C)C(C)C)(c2ccccc2Cl)C2CCCCN12. The van der Waals surface area contributed by atoms with Crippen LogP contribution in [0.3, 0.4) is 0 Å². The molecular formula is C23H36ClN3. The standard InChI is InChI=1S/C23H36ClN3/c1-17(2)26(18(3)4)15-13-23(20-10-6-7-11-21(20)24)16-25-19(5)27-14-9-8-12-22(23)27/h6-7,10-11,17-18,22H,8-9,12-16H2,1-5H3. The topological polar surface area (TPSA) is 18.8 Å². The second-order valence-electron chi connectivity index (χ2n) is 8.88. The second kappa shape index (κ2) is 8.53. The normalized spacial score (nSPS) is 25.9. The van der Waals surface area contributed by atoms with Crippen molar-refractivity contribution >= 4 is 17.4 Å². The first-order chi connectivity index (χ1) is 12.9. The Hall–Kier alpha value is -1.06. The van der Waals surface area contributed by atoms with E-state index in [0.717, 1.165) is 31.1 Å². The highest BCUT2D eigenvalue weighted by molar-refractivity contribution is 6.31. The summed E-state index contributed by atoms with van der Waals surface area (Å²) in [6, 6.07) is 10.1. The van der Waals surface area contributed by atoms with Crippen LogP contribution >= 0.6 is 11.6 Å². The molecule has 0 radical (unpaired) electrons. The maximum absolute atomic E-state index is 6.77. The fourth-order valence-electron chi connectivity index (χ4n) is 5.30. The van der Waals surface area contributed by atoms with E-state index in [1.807, 2.05) is 6.07 Å². The summed E-state index contributed by atoms with van der Waals surface area (Å²) in [6.45, 7) is 14.5. The summed E-state index contributed by atoms with van der Waals surface area (Å²) in [6.07, 6.45) is 4.91. The zero-order valence-corrected chi connectivity index (χ0v) is 18.5. The molecule has 0 saturated carbocycles. The summed E-state index contributed by atoms with van der Waals surface area (Å²) in [5.74, 6) is 1.21. The van der Waals surface area contributed by atoms with Gasteiger partial charge in [-0.05, 0) is 78.5 Å². The molecule has 150 valence electrons. The molecule has 1 saturated heterocycles. The molecule has 27 heavy (non-hydrogen) atoms. The number of rotatable bonds is 6. The van der Waals surface area contributed by atoms with Crippen molar-refractivity contribution in [2.24, 2.45) is 4.99 Å². The monoisotopic (exact) mass is 389 g/mol. The zero-order valence-electron chi connectivity index (χ0n) is 17.7. The van der Waals surface area contributed by atoms with Crippen LogP contribution in [0, 0.1) is 0 Å². The van der Waals surface area contributed by atoms with Gasteiger partial charge < -0.3 is 4.90 Å². The number of halogens is 1. The molecule has 2 unspecified atom stereocenters. The van der Waals surface area contributed by atoms with E-state index in [0.29, 0.717) is 18.1 Å². The van der Waals surface area contributed by atoms with Gasteiger partial charge in [-0.3, -0.25) is 9.89 Å². The average molecular weight is 390 g/mol. The Morgan fingerprint density at radius 2 is 1.89 bits per heavy atom. The summed E-state index contributed by atoms with van der Waals surface area (Å²) in [4.78, 5) is 10.2. The Labute approximate surface area is 170 Å². The van der Waals surface area contributed by atoms with Crippen LogP contribution in [0.4, 0.5) is 0 Å². The van der Waals surface area contributed by atoms with Crippen molar-refractivity contribution < 1.29 is 0 Å². The quantitative estimate of drug-likeness (QED) is 0.650. The molecule has 1 aromatic rings. The van der Waals surface area contributed by atoms with Gasteiger partial charge in [0, 0.05) is 35.1 Å². The van der Waals surface area contributed by atoms with Crippen LogP contribution in [0.5, 0.6) is 0 Å². The third-order valence-corrected chi connectivity index (χ3v) is 7.03. The van der Waals surface area contributed by atoms with Gasteiger partial charge >= 0.3 is 0 Å². The van der Waals surface area contributed by atoms with Crippen molar-refractivity contribution in [1.29, 1.82) is 0 Å². The summed E-state index contributed by atoms with van der Waals surface area (Å²) < 4.78 is 0. The van der Waals surface area contributed by atoms with E-state index in [1.54, 1.807) is 0 Å². The van der Waals surface area contributed by atoms with E-state index in [2.05, 4.69) is 62.6 Å². The van der Waals surface area contributed by atoms with Gasteiger partial charge in [0.2, 0.25) is 0 Å². The van der Waals surface area contributed by atoms with Crippen LogP contribution in [-0.2, 0) is 5.41 Å². The van der Waals surface area contributed by atoms with Gasteiger partial charge in [-0.15, -0.1) is 0 Å². The maximum Gasteiger partial charge on any atom is 0.0960 e. The van der Waals surface area contributed by atoms with E-state index in [9.17, 15) is 0 Å². The molecule has 4 heteroatoms. The first-order valence-electron chi connectivity index (χ1n) is 10.7. The average Bonchev–Trinajstić information content (AvgIpc) is 2.64. The third kappa shape index (κ3) is 4.05. The number of hydrogen-bond donors (Lipinski definition) is 0. The molecule has 0 aromatic heterocycles. The first-order valence-corrected chi connectivity index (χ1v) is 11.0. The van der Waals surface area contributed by atoms with E-state index < -0.39 is 0 Å². The molecule has 2 atom stereocenters. The van der Waals surface area contributed by atoms with Crippen molar-refractivity contribution in [3.8, 4) is 0 Å². The Morgan fingerprint density at radius 1 is 1.19 bits per heavy atom. The zero-order chi connectivity index (χ0) is 19.6. The predicted octanol–water partition coefficient (Wildman–Crippen LogP) is 5.37. The molecule has 2 aliphatic heterocycles. The number of benzene rings is 1. The summed E-state index contributed by atoms with van der Waals surface area (Å²) in [5, 5.41) is 0.901. The van der Waals surface area contributed by atoms with Crippen LogP contribution in [-0.4, -0.2) is 53.4 Å². The van der Waals surface area contributed by atoms with Gasteiger partial charge in [0.25, 0.3) is 0 Å². The van der Waals surface area contributed by atoms with E-state index >= 15 is 0 Å². The summed E-state index contributed by atoms with van der Waals surface area (Å²) in [5.41, 5.74) is 1.30. The smallest absolute Gasteiger partial charge is 0.0960 e. The van der Waals surface area contributed by atoms with Crippen molar-refractivity contribution in [2.45, 2.75) is 83.8 Å². The molecule has 1 aromatic carbocycles. The van der Waals surface area contributed by atoms with Gasteiger partial charge in [0.1, 0.15) is 0 Å². The molecule has 3 nitrogen and oxygen atoms in total. The summed E-state index contributed by atoms with van der Waals surface area (Å²) in [7, 11) is 0. The van der Waals surface area contributed by atoms with Crippen LogP contribution in [0.15, 0.2) is 29.3 Å². The Morgan fingerprint density at radius 3 is 2.56 bits per heavy atom. The predicted molar refractivity (Wildman–Crippen MR) is 117 cm³/mol. The summed E-state index contributed by atoms with van der Waals surface area (Å²) >= 11 is 6.77. The molecule has 0 amide bonds. The van der Waals surface area contributed by atoms with Crippen LogP contribution < -0.4 is 0 Å². The van der Waals surface area contributed by atoms with E-state index in [4.69, 9.17) is 16.6 Å². The lowest BCUT2D eigenvalue weighted by atomic mass is 9.67. The molecule has 2 aliphatic rings. The Kier molecular flexibility index (Phi) is 6.53. The fourth-order valence-corrected chi connectivity index (χ4v) is 5.62. The molecule has 2 heterocycles. The molecular weight excluding hydrogens is 354 g/mol. The largest absolute Gasteiger partial charge is 0.357 e. The van der Waals surface area contributed by atoms with Crippen LogP contribution in [0.2, 0.25) is 5.02 Å². The number of fused-ring (bicyclic) bond motifs is 1. The van der Waals surface area contributed by atoms with E-state index in [1.165, 1.54) is 30.7 Å². The Balaban J connectivity index is 2.01. The van der Waals surface area contributed by atoms with Crippen LogP contribution in [0.25, 0.3) is 0 Å². The van der Waals surface area contributed by atoms with E-state index in [-0.39, 0.29) is 5.41 Å². The number of nitrogens with zero attached hydrogens (tertiary/aromatic N) is 3. The minimum absolute atomic E-state index is 0.000301. The third-order valence-electron chi connectivity index (χ3n) is 6.70. The fraction of sp³-hybridized carbons (Fsp3) is 0.696. The maximum atomic E-state index is 6.77. The molecule has 1 fully saturated rings. The van der Waals surface area contributed by atoms with Gasteiger partial charge in [-0.1, -0.05) is 29.8 Å². The minimum Gasteiger partial charge on any atom is -0.357 e. The lowest BCUT2D eigenvalue weighted by Gasteiger charge is -2.53. The molecule has 3 rings (SSSR count). The number of amidine groups is 1. The van der Waals surface area contributed by atoms with Crippen LogP contribution in [0.1, 0.15) is 65.9 Å². The highest BCUT2D eigenvalue weighted by Crippen LogP contribution is 2.44. The van der Waals surface area contributed by atoms with Crippen molar-refractivity contribution in [1.82, 2.24) is 9.80 Å². The second-order valence-corrected chi connectivity index (χ2v) is 9.29. The lowest BCUT2D eigenvalue weighted by Crippen LogP contribution is -2.60. The Bertz CT molecular complexity index is 661. The van der Waals surface area contributed by atoms with Crippen molar-refractivity contribution in [3.63, 3.8) is 0 Å². The van der Waals surface area contributed by atoms with Gasteiger partial charge in [0.15, 0.2) is 0 Å². The van der Waals surface area contributed by atoms with Crippen molar-refractivity contribution in [3.05, 3.63) is 34.9 Å². The molecule has 0 aliphatic carbocycles. The molecule has 0 spiro atoms. The molecule has 0 bridgehead atoms. The van der Waals surface area contributed by atoms with Gasteiger partial charge in [0.05, 0.1) is 12.4 Å². The highest BCUT2D eigenvalue weighted by Gasteiger charge is 2.47. The van der Waals surface area contributed by atoms with Crippen molar-refractivity contribution in [2.75, 3.05) is 19.6 Å². The number of hydrogen-bond acceptors (Lipinski definition) is 3. The number of piperidine rings is 1.